The molecule has 0 bridgehead atoms. The van der Waals surface area contributed by atoms with E-state index in [0.29, 0.717) is 6.42 Å². The molecular weight excluding hydrogens is 245 g/mol. The molecule has 0 aliphatic carbocycles. The molecule has 1 N–H and O–H groups in total. The summed E-state index contributed by atoms with van der Waals surface area (Å²) >= 11 is 0. The Kier molecular flexibility index (Phi) is 5.62. The van der Waals surface area contributed by atoms with Crippen LogP contribution in [0.4, 0.5) is 13.2 Å². The minimum Gasteiger partial charge on any atom is -0.390 e. The van der Waals surface area contributed by atoms with E-state index < -0.39 is 18.9 Å². The van der Waals surface area contributed by atoms with E-state index in [4.69, 9.17) is 0 Å². The van der Waals surface area contributed by atoms with Crippen LogP contribution >= 0.6 is 0 Å². The number of aliphatic hydroxyl groups excluding tert-OH is 1. The van der Waals surface area contributed by atoms with Crippen LogP contribution in [0.2, 0.25) is 0 Å². The fourth-order valence-corrected chi connectivity index (χ4v) is 1.55. The third-order valence-corrected chi connectivity index (χ3v) is 2.48. The molecule has 0 radical (unpaired) electrons. The summed E-state index contributed by atoms with van der Waals surface area (Å²) in [5.41, 5.74) is 2.07. The number of aryl methyl sites for hydroxylation is 1. The van der Waals surface area contributed by atoms with Gasteiger partial charge in [0.25, 0.3) is 0 Å². The molecule has 5 heteroatoms. The first-order chi connectivity index (χ1) is 8.40. The highest BCUT2D eigenvalue weighted by atomic mass is 19.4. The van der Waals surface area contributed by atoms with Crippen molar-refractivity contribution in [2.45, 2.75) is 32.0 Å². The summed E-state index contributed by atoms with van der Waals surface area (Å²) in [4.78, 5) is 0. The maximum atomic E-state index is 11.8. The second kappa shape index (κ2) is 6.75. The summed E-state index contributed by atoms with van der Waals surface area (Å²) in [5.74, 6) is 0. The molecule has 1 rings (SSSR count). The lowest BCUT2D eigenvalue weighted by molar-refractivity contribution is -0.179. The van der Waals surface area contributed by atoms with Gasteiger partial charge in [0.1, 0.15) is 6.61 Å². The predicted octanol–water partition coefficient (Wildman–Crippen LogP) is 2.73. The SMILES string of the molecule is CCc1ccc(CC(O)COCC(F)(F)F)cc1. The molecule has 0 aliphatic rings. The van der Waals surface area contributed by atoms with Gasteiger partial charge >= 0.3 is 6.18 Å². The fourth-order valence-electron chi connectivity index (χ4n) is 1.55. The van der Waals surface area contributed by atoms with Crippen LogP contribution in [0.1, 0.15) is 18.1 Å². The zero-order chi connectivity index (χ0) is 13.6. The fraction of sp³-hybridized carbons (Fsp3) is 0.538. The average Bonchev–Trinajstić information content (AvgIpc) is 2.28. The predicted molar refractivity (Wildman–Crippen MR) is 62.4 cm³/mol. The molecule has 0 fully saturated rings. The zero-order valence-corrected chi connectivity index (χ0v) is 10.2. The number of hydrogen-bond acceptors (Lipinski definition) is 2. The Hall–Kier alpha value is -1.07. The maximum Gasteiger partial charge on any atom is 0.411 e. The van der Waals surface area contributed by atoms with Gasteiger partial charge in [-0.05, 0) is 17.5 Å². The molecule has 0 spiro atoms. The van der Waals surface area contributed by atoms with Crippen molar-refractivity contribution in [2.75, 3.05) is 13.2 Å². The zero-order valence-electron chi connectivity index (χ0n) is 10.2. The Labute approximate surface area is 104 Å². The van der Waals surface area contributed by atoms with Gasteiger partial charge in [-0.3, -0.25) is 0 Å². The van der Waals surface area contributed by atoms with Gasteiger partial charge in [-0.1, -0.05) is 31.2 Å². The number of alkyl halides is 3. The molecule has 0 aliphatic heterocycles. The van der Waals surface area contributed by atoms with Crippen molar-refractivity contribution in [3.63, 3.8) is 0 Å². The maximum absolute atomic E-state index is 11.8. The van der Waals surface area contributed by atoms with E-state index in [-0.39, 0.29) is 6.61 Å². The molecular formula is C13H17F3O2. The van der Waals surface area contributed by atoms with Crippen molar-refractivity contribution in [1.82, 2.24) is 0 Å². The number of benzene rings is 1. The van der Waals surface area contributed by atoms with E-state index in [9.17, 15) is 18.3 Å². The van der Waals surface area contributed by atoms with Crippen molar-refractivity contribution >= 4 is 0 Å². The molecule has 1 aromatic carbocycles. The average molecular weight is 262 g/mol. The van der Waals surface area contributed by atoms with Crippen molar-refractivity contribution in [2.24, 2.45) is 0 Å². The third kappa shape index (κ3) is 6.02. The first kappa shape index (κ1) is 15.0. The molecule has 1 unspecified atom stereocenters. The Bertz CT molecular complexity index is 346. The molecule has 18 heavy (non-hydrogen) atoms. The molecule has 2 nitrogen and oxygen atoms in total. The van der Waals surface area contributed by atoms with Gasteiger partial charge < -0.3 is 9.84 Å². The van der Waals surface area contributed by atoms with Gasteiger partial charge in [0.2, 0.25) is 0 Å². The topological polar surface area (TPSA) is 29.5 Å². The Morgan fingerprint density at radius 1 is 1.17 bits per heavy atom. The number of hydrogen-bond donors (Lipinski definition) is 1. The van der Waals surface area contributed by atoms with Crippen LogP contribution in [-0.2, 0) is 17.6 Å². The minimum absolute atomic E-state index is 0.294. The van der Waals surface area contributed by atoms with Crippen LogP contribution in [0.25, 0.3) is 0 Å². The molecule has 0 heterocycles. The van der Waals surface area contributed by atoms with Gasteiger partial charge in [0.15, 0.2) is 0 Å². The molecule has 0 saturated carbocycles. The van der Waals surface area contributed by atoms with E-state index in [1.165, 1.54) is 5.56 Å². The monoisotopic (exact) mass is 262 g/mol. The number of rotatable bonds is 6. The van der Waals surface area contributed by atoms with Crippen LogP contribution in [0.15, 0.2) is 24.3 Å². The van der Waals surface area contributed by atoms with Crippen molar-refractivity contribution in [3.05, 3.63) is 35.4 Å². The Balaban J connectivity index is 2.32. The standard InChI is InChI=1S/C13H17F3O2/c1-2-10-3-5-11(6-4-10)7-12(17)8-18-9-13(14,15)16/h3-6,12,17H,2,7-9H2,1H3. The van der Waals surface area contributed by atoms with Crippen molar-refractivity contribution in [1.29, 1.82) is 0 Å². The smallest absolute Gasteiger partial charge is 0.390 e. The lowest BCUT2D eigenvalue weighted by atomic mass is 10.1. The van der Waals surface area contributed by atoms with Crippen LogP contribution < -0.4 is 0 Å². The van der Waals surface area contributed by atoms with E-state index in [1.54, 1.807) is 0 Å². The lowest BCUT2D eigenvalue weighted by Crippen LogP contribution is -2.24. The third-order valence-electron chi connectivity index (χ3n) is 2.48. The van der Waals surface area contributed by atoms with Crippen molar-refractivity contribution < 1.29 is 23.0 Å². The molecule has 0 aromatic heterocycles. The summed E-state index contributed by atoms with van der Waals surface area (Å²) < 4.78 is 39.8. The summed E-state index contributed by atoms with van der Waals surface area (Å²) in [6.07, 6.45) is -4.04. The summed E-state index contributed by atoms with van der Waals surface area (Å²) in [7, 11) is 0. The Morgan fingerprint density at radius 3 is 2.22 bits per heavy atom. The van der Waals surface area contributed by atoms with Gasteiger partial charge in [-0.25, -0.2) is 0 Å². The minimum atomic E-state index is -4.34. The molecule has 1 aromatic rings. The van der Waals surface area contributed by atoms with Gasteiger partial charge in [0, 0.05) is 6.42 Å². The lowest BCUT2D eigenvalue weighted by Gasteiger charge is -2.13. The summed E-state index contributed by atoms with van der Waals surface area (Å²) in [6.45, 7) is 0.405. The van der Waals surface area contributed by atoms with Gasteiger partial charge in [-0.2, -0.15) is 13.2 Å². The quantitative estimate of drug-likeness (QED) is 0.854. The first-order valence-electron chi connectivity index (χ1n) is 5.81. The van der Waals surface area contributed by atoms with E-state index >= 15 is 0 Å². The second-order valence-corrected chi connectivity index (χ2v) is 4.16. The van der Waals surface area contributed by atoms with Gasteiger partial charge in [-0.15, -0.1) is 0 Å². The summed E-state index contributed by atoms with van der Waals surface area (Å²) in [6, 6.07) is 7.62. The molecule has 102 valence electrons. The highest BCUT2D eigenvalue weighted by Crippen LogP contribution is 2.15. The van der Waals surface area contributed by atoms with Crippen LogP contribution in [0.3, 0.4) is 0 Å². The van der Waals surface area contributed by atoms with Gasteiger partial charge in [0.05, 0.1) is 12.7 Å². The van der Waals surface area contributed by atoms with Crippen LogP contribution in [-0.4, -0.2) is 30.6 Å². The highest BCUT2D eigenvalue weighted by Gasteiger charge is 2.27. The van der Waals surface area contributed by atoms with E-state index in [0.717, 1.165) is 12.0 Å². The molecule has 1 atom stereocenters. The first-order valence-corrected chi connectivity index (χ1v) is 5.81. The van der Waals surface area contributed by atoms with Crippen LogP contribution in [0.5, 0.6) is 0 Å². The largest absolute Gasteiger partial charge is 0.411 e. The van der Waals surface area contributed by atoms with Crippen LogP contribution in [0, 0.1) is 0 Å². The van der Waals surface area contributed by atoms with Crippen molar-refractivity contribution in [3.8, 4) is 0 Å². The van der Waals surface area contributed by atoms with E-state index in [1.807, 2.05) is 31.2 Å². The number of halogens is 3. The molecule has 0 amide bonds. The number of aliphatic hydroxyl groups is 1. The second-order valence-electron chi connectivity index (χ2n) is 4.16. The van der Waals surface area contributed by atoms with E-state index in [2.05, 4.69) is 4.74 Å². The highest BCUT2D eigenvalue weighted by molar-refractivity contribution is 5.22. The summed E-state index contributed by atoms with van der Waals surface area (Å²) in [5, 5.41) is 9.53. The Morgan fingerprint density at radius 2 is 1.72 bits per heavy atom. The molecule has 0 saturated heterocycles. The number of ether oxygens (including phenoxy) is 1. The normalized spacial score (nSPS) is 13.6.